The van der Waals surface area contributed by atoms with E-state index in [9.17, 15) is 9.59 Å². The van der Waals surface area contributed by atoms with Crippen molar-refractivity contribution in [2.45, 2.75) is 13.0 Å². The molecule has 1 atom stereocenters. The Morgan fingerprint density at radius 2 is 2.04 bits per heavy atom. The van der Waals surface area contributed by atoms with E-state index in [2.05, 4.69) is 20.8 Å². The standard InChI is InChI=1S/C18H18N6O2/c1-12(18-22-21-15-8-4-5-9-23(15)18)19-10-17(26)24-11-16(25)20-13-6-2-3-7-14(13)24/h2-9,12,19H,10-11H2,1H3,(H,20,25). The number of para-hydroxylation sites is 2. The van der Waals surface area contributed by atoms with Crippen molar-refractivity contribution in [2.24, 2.45) is 0 Å². The number of rotatable bonds is 4. The molecule has 0 saturated heterocycles. The number of nitrogens with one attached hydrogen (secondary N) is 2. The van der Waals surface area contributed by atoms with Crippen molar-refractivity contribution in [3.63, 3.8) is 0 Å². The van der Waals surface area contributed by atoms with Crippen LogP contribution in [0, 0.1) is 0 Å². The van der Waals surface area contributed by atoms with Gasteiger partial charge in [0.2, 0.25) is 11.8 Å². The minimum absolute atomic E-state index is 0.0137. The van der Waals surface area contributed by atoms with Crippen molar-refractivity contribution in [2.75, 3.05) is 23.3 Å². The van der Waals surface area contributed by atoms with Gasteiger partial charge in [-0.05, 0) is 31.2 Å². The molecule has 3 aromatic rings. The van der Waals surface area contributed by atoms with E-state index >= 15 is 0 Å². The predicted octanol–water partition coefficient (Wildman–Crippen LogP) is 1.37. The molecule has 1 unspecified atom stereocenters. The number of amides is 2. The van der Waals surface area contributed by atoms with Crippen LogP contribution in [0.25, 0.3) is 5.65 Å². The highest BCUT2D eigenvalue weighted by atomic mass is 16.2. The van der Waals surface area contributed by atoms with Gasteiger partial charge < -0.3 is 5.32 Å². The van der Waals surface area contributed by atoms with E-state index in [1.54, 1.807) is 6.07 Å². The van der Waals surface area contributed by atoms with Gasteiger partial charge in [0.15, 0.2) is 11.5 Å². The van der Waals surface area contributed by atoms with Crippen molar-refractivity contribution < 1.29 is 9.59 Å². The molecule has 1 aromatic carbocycles. The average molecular weight is 350 g/mol. The lowest BCUT2D eigenvalue weighted by Crippen LogP contribution is -2.46. The summed E-state index contributed by atoms with van der Waals surface area (Å²) in [5, 5.41) is 14.3. The number of benzene rings is 1. The maximum Gasteiger partial charge on any atom is 0.244 e. The minimum atomic E-state index is -0.200. The lowest BCUT2D eigenvalue weighted by atomic mass is 10.2. The number of carbonyl (C=O) groups is 2. The zero-order valence-electron chi connectivity index (χ0n) is 14.2. The Bertz CT molecular complexity index is 982. The molecular formula is C18H18N6O2. The Labute approximate surface area is 149 Å². The molecule has 0 aliphatic carbocycles. The first-order valence-corrected chi connectivity index (χ1v) is 8.36. The van der Waals surface area contributed by atoms with Gasteiger partial charge in [-0.3, -0.25) is 24.2 Å². The second-order valence-corrected chi connectivity index (χ2v) is 6.13. The summed E-state index contributed by atoms with van der Waals surface area (Å²) < 4.78 is 1.88. The van der Waals surface area contributed by atoms with Crippen LogP contribution < -0.4 is 15.5 Å². The number of hydrogen-bond acceptors (Lipinski definition) is 5. The Morgan fingerprint density at radius 1 is 1.23 bits per heavy atom. The van der Waals surface area contributed by atoms with E-state index in [0.29, 0.717) is 11.4 Å². The van der Waals surface area contributed by atoms with E-state index in [-0.39, 0.29) is 30.9 Å². The SMILES string of the molecule is CC(NCC(=O)N1CC(=O)Nc2ccccc21)c1nnc2ccccn12. The van der Waals surface area contributed by atoms with Crippen LogP contribution >= 0.6 is 0 Å². The van der Waals surface area contributed by atoms with Crippen LogP contribution in [0.5, 0.6) is 0 Å². The first kappa shape index (κ1) is 16.2. The maximum absolute atomic E-state index is 12.7. The van der Waals surface area contributed by atoms with Gasteiger partial charge in [0.1, 0.15) is 6.54 Å². The van der Waals surface area contributed by atoms with Gasteiger partial charge in [-0.2, -0.15) is 0 Å². The van der Waals surface area contributed by atoms with E-state index < -0.39 is 0 Å². The fourth-order valence-corrected chi connectivity index (χ4v) is 3.04. The Balaban J connectivity index is 1.48. The molecule has 4 rings (SSSR count). The molecule has 0 saturated carbocycles. The van der Waals surface area contributed by atoms with Crippen LogP contribution in [0.1, 0.15) is 18.8 Å². The molecule has 3 heterocycles. The third-order valence-corrected chi connectivity index (χ3v) is 4.36. The van der Waals surface area contributed by atoms with Crippen molar-refractivity contribution in [1.82, 2.24) is 19.9 Å². The summed E-state index contributed by atoms with van der Waals surface area (Å²) in [4.78, 5) is 26.0. The fourth-order valence-electron chi connectivity index (χ4n) is 3.04. The molecule has 0 fully saturated rings. The summed E-state index contributed by atoms with van der Waals surface area (Å²) in [6.45, 7) is 2.03. The number of nitrogens with zero attached hydrogens (tertiary/aromatic N) is 4. The van der Waals surface area contributed by atoms with Crippen LogP contribution in [0.3, 0.4) is 0 Å². The van der Waals surface area contributed by atoms with Crippen molar-refractivity contribution in [3.8, 4) is 0 Å². The highest BCUT2D eigenvalue weighted by Gasteiger charge is 2.26. The zero-order valence-corrected chi connectivity index (χ0v) is 14.2. The van der Waals surface area contributed by atoms with Crippen LogP contribution in [0.2, 0.25) is 0 Å². The molecule has 1 aliphatic heterocycles. The summed E-state index contributed by atoms with van der Waals surface area (Å²) in [5.41, 5.74) is 2.11. The van der Waals surface area contributed by atoms with Crippen molar-refractivity contribution >= 4 is 28.8 Å². The second kappa shape index (κ2) is 6.57. The monoisotopic (exact) mass is 350 g/mol. The second-order valence-electron chi connectivity index (χ2n) is 6.13. The predicted molar refractivity (Wildman–Crippen MR) is 96.8 cm³/mol. The largest absolute Gasteiger partial charge is 0.323 e. The van der Waals surface area contributed by atoms with Crippen molar-refractivity contribution in [1.29, 1.82) is 0 Å². The van der Waals surface area contributed by atoms with Gasteiger partial charge >= 0.3 is 0 Å². The first-order valence-electron chi connectivity index (χ1n) is 8.36. The van der Waals surface area contributed by atoms with Crippen LogP contribution in [-0.4, -0.2) is 39.5 Å². The average Bonchev–Trinajstić information content (AvgIpc) is 3.09. The number of pyridine rings is 1. The van der Waals surface area contributed by atoms with Crippen molar-refractivity contribution in [3.05, 3.63) is 54.5 Å². The first-order chi connectivity index (χ1) is 12.6. The smallest absolute Gasteiger partial charge is 0.244 e. The van der Waals surface area contributed by atoms with Gasteiger partial charge in [0, 0.05) is 6.20 Å². The number of aromatic nitrogens is 3. The third-order valence-electron chi connectivity index (χ3n) is 4.36. The lowest BCUT2D eigenvalue weighted by Gasteiger charge is -2.29. The highest BCUT2D eigenvalue weighted by Crippen LogP contribution is 2.28. The molecule has 0 radical (unpaired) electrons. The molecule has 26 heavy (non-hydrogen) atoms. The third kappa shape index (κ3) is 2.91. The van der Waals surface area contributed by atoms with E-state index in [4.69, 9.17) is 0 Å². The summed E-state index contributed by atoms with van der Waals surface area (Å²) >= 11 is 0. The van der Waals surface area contributed by atoms with Gasteiger partial charge in [-0.15, -0.1) is 10.2 Å². The fraction of sp³-hybridized carbons (Fsp3) is 0.222. The van der Waals surface area contributed by atoms with Gasteiger partial charge in [0.25, 0.3) is 0 Å². The number of fused-ring (bicyclic) bond motifs is 2. The molecule has 0 spiro atoms. The lowest BCUT2D eigenvalue weighted by molar-refractivity contribution is -0.121. The quantitative estimate of drug-likeness (QED) is 0.741. The molecular weight excluding hydrogens is 332 g/mol. The van der Waals surface area contributed by atoms with Gasteiger partial charge in [-0.25, -0.2) is 0 Å². The molecule has 132 valence electrons. The molecule has 8 heteroatoms. The summed E-state index contributed by atoms with van der Waals surface area (Å²) in [6.07, 6.45) is 1.88. The van der Waals surface area contributed by atoms with E-state index in [1.165, 1.54) is 4.90 Å². The summed E-state index contributed by atoms with van der Waals surface area (Å²) in [7, 11) is 0. The van der Waals surface area contributed by atoms with E-state index in [0.717, 1.165) is 11.5 Å². The van der Waals surface area contributed by atoms with Crippen LogP contribution in [0.15, 0.2) is 48.7 Å². The molecule has 8 nitrogen and oxygen atoms in total. The van der Waals surface area contributed by atoms with Gasteiger partial charge in [0.05, 0.1) is 24.0 Å². The topological polar surface area (TPSA) is 91.6 Å². The van der Waals surface area contributed by atoms with Crippen LogP contribution in [-0.2, 0) is 9.59 Å². The maximum atomic E-state index is 12.7. The summed E-state index contributed by atoms with van der Waals surface area (Å²) in [6, 6.07) is 12.8. The Hall–Kier alpha value is -3.26. The normalized spacial score (nSPS) is 14.8. The molecule has 2 aromatic heterocycles. The Morgan fingerprint density at radius 3 is 2.92 bits per heavy atom. The molecule has 0 bridgehead atoms. The molecule has 1 aliphatic rings. The van der Waals surface area contributed by atoms with E-state index in [1.807, 2.05) is 53.9 Å². The number of carbonyl (C=O) groups excluding carboxylic acids is 2. The number of anilines is 2. The summed E-state index contributed by atoms with van der Waals surface area (Å²) in [5.74, 6) is 0.353. The minimum Gasteiger partial charge on any atom is -0.323 e. The Kier molecular flexibility index (Phi) is 4.10. The molecule has 2 N–H and O–H groups in total. The molecule has 2 amide bonds. The van der Waals surface area contributed by atoms with Gasteiger partial charge in [-0.1, -0.05) is 18.2 Å². The number of hydrogen-bond donors (Lipinski definition) is 2. The zero-order chi connectivity index (χ0) is 18.1. The highest BCUT2D eigenvalue weighted by molar-refractivity contribution is 6.10. The van der Waals surface area contributed by atoms with Crippen LogP contribution in [0.4, 0.5) is 11.4 Å².